The summed E-state index contributed by atoms with van der Waals surface area (Å²) in [6, 6.07) is 20.9. The second-order valence-corrected chi connectivity index (χ2v) is 6.62. The molecule has 3 aromatic carbocycles. The number of hydrogen-bond acceptors (Lipinski definition) is 4. The number of carbonyl (C=O) groups excluding carboxylic acids is 1. The Balaban J connectivity index is 1.58. The van der Waals surface area contributed by atoms with Crippen molar-refractivity contribution < 1.29 is 9.90 Å². The third kappa shape index (κ3) is 2.86. The van der Waals surface area contributed by atoms with Gasteiger partial charge in [0.25, 0.3) is 5.91 Å². The van der Waals surface area contributed by atoms with E-state index in [9.17, 15) is 9.90 Å². The molecular weight excluding hydrogens is 332 g/mol. The van der Waals surface area contributed by atoms with Crippen molar-refractivity contribution in [2.75, 3.05) is 0 Å². The molecule has 0 unspecified atom stereocenters. The van der Waals surface area contributed by atoms with Gasteiger partial charge in [0.1, 0.15) is 5.75 Å². The van der Waals surface area contributed by atoms with Gasteiger partial charge in [-0.2, -0.15) is 5.10 Å². The molecule has 1 heterocycles. The van der Waals surface area contributed by atoms with Crippen molar-refractivity contribution in [3.05, 3.63) is 77.2 Å². The molecule has 0 aliphatic heterocycles. The van der Waals surface area contributed by atoms with Crippen LogP contribution in [0.1, 0.15) is 15.2 Å². The van der Waals surface area contributed by atoms with Crippen molar-refractivity contribution in [2.24, 2.45) is 5.10 Å². The fraction of sp³-hybridized carbons (Fsp3) is 0. The first-order valence-electron chi connectivity index (χ1n) is 7.76. The summed E-state index contributed by atoms with van der Waals surface area (Å²) in [4.78, 5) is 13.0. The van der Waals surface area contributed by atoms with Gasteiger partial charge in [-0.25, -0.2) is 5.43 Å². The predicted octanol–water partition coefficient (Wildman–Crippen LogP) is 4.52. The molecule has 122 valence electrons. The Morgan fingerprint density at radius 2 is 1.68 bits per heavy atom. The normalized spacial score (nSPS) is 11.4. The summed E-state index contributed by atoms with van der Waals surface area (Å²) in [6.07, 6.45) is 1.48. The van der Waals surface area contributed by atoms with Gasteiger partial charge in [0, 0.05) is 15.6 Å². The third-order valence-electron chi connectivity index (χ3n) is 3.98. The minimum atomic E-state index is -0.284. The van der Waals surface area contributed by atoms with Crippen molar-refractivity contribution in [1.29, 1.82) is 0 Å². The lowest BCUT2D eigenvalue weighted by molar-refractivity contribution is 0.0957. The number of carbonyl (C=O) groups is 1. The minimum absolute atomic E-state index is 0.184. The van der Waals surface area contributed by atoms with Crippen molar-refractivity contribution in [2.45, 2.75) is 0 Å². The van der Waals surface area contributed by atoms with Gasteiger partial charge in [-0.3, -0.25) is 4.79 Å². The zero-order chi connectivity index (χ0) is 17.2. The van der Waals surface area contributed by atoms with E-state index in [-0.39, 0.29) is 11.7 Å². The molecule has 0 radical (unpaired) electrons. The quantitative estimate of drug-likeness (QED) is 0.423. The molecule has 4 rings (SSSR count). The fourth-order valence-corrected chi connectivity index (χ4v) is 3.74. The zero-order valence-electron chi connectivity index (χ0n) is 13.1. The van der Waals surface area contributed by atoms with Crippen LogP contribution in [0.25, 0.3) is 20.9 Å². The molecule has 0 atom stereocenters. The Labute approximate surface area is 148 Å². The lowest BCUT2D eigenvalue weighted by Crippen LogP contribution is -2.17. The van der Waals surface area contributed by atoms with Gasteiger partial charge in [0.2, 0.25) is 0 Å². The van der Waals surface area contributed by atoms with E-state index in [4.69, 9.17) is 0 Å². The highest BCUT2D eigenvalue weighted by Crippen LogP contribution is 2.35. The van der Waals surface area contributed by atoms with Gasteiger partial charge in [0.05, 0.1) is 11.1 Å². The highest BCUT2D eigenvalue weighted by Gasteiger charge is 2.10. The lowest BCUT2D eigenvalue weighted by atomic mass is 10.0. The number of thiophene rings is 1. The monoisotopic (exact) mass is 346 g/mol. The van der Waals surface area contributed by atoms with Crippen LogP contribution in [-0.2, 0) is 0 Å². The van der Waals surface area contributed by atoms with Crippen molar-refractivity contribution in [3.8, 4) is 5.75 Å². The van der Waals surface area contributed by atoms with Gasteiger partial charge in [0.15, 0.2) is 0 Å². The van der Waals surface area contributed by atoms with Crippen molar-refractivity contribution in [3.63, 3.8) is 0 Å². The molecule has 0 bridgehead atoms. The number of nitrogens with one attached hydrogen (secondary N) is 1. The SMILES string of the molecule is O=C(N/N=C\c1sc2ccccc2c1O)c1cccc2ccccc12. The molecular formula is C20H14N2O2S. The molecule has 1 amide bonds. The van der Waals surface area contributed by atoms with Gasteiger partial charge in [-0.1, -0.05) is 48.5 Å². The number of aromatic hydroxyl groups is 1. The summed E-state index contributed by atoms with van der Waals surface area (Å²) in [5.74, 6) is -0.0996. The van der Waals surface area contributed by atoms with E-state index in [0.717, 1.165) is 20.9 Å². The highest BCUT2D eigenvalue weighted by molar-refractivity contribution is 7.21. The van der Waals surface area contributed by atoms with E-state index in [1.54, 1.807) is 6.07 Å². The number of amides is 1. The van der Waals surface area contributed by atoms with Crippen LogP contribution in [0.4, 0.5) is 0 Å². The summed E-state index contributed by atoms with van der Waals surface area (Å²) >= 11 is 1.42. The molecule has 0 saturated heterocycles. The van der Waals surface area contributed by atoms with Gasteiger partial charge >= 0.3 is 0 Å². The smallest absolute Gasteiger partial charge is 0.271 e. The third-order valence-corrected chi connectivity index (χ3v) is 5.07. The van der Waals surface area contributed by atoms with Crippen LogP contribution in [0, 0.1) is 0 Å². The first-order valence-corrected chi connectivity index (χ1v) is 8.57. The molecule has 0 aliphatic rings. The Hall–Kier alpha value is -3.18. The van der Waals surface area contributed by atoms with Crippen LogP contribution < -0.4 is 5.43 Å². The standard InChI is InChI=1S/C20H14N2O2S/c23-19-16-9-3-4-11-17(16)25-18(19)12-21-22-20(24)15-10-5-7-13-6-1-2-8-14(13)15/h1-12,23H,(H,22,24)/b21-12-. The fourth-order valence-electron chi connectivity index (χ4n) is 2.77. The van der Waals surface area contributed by atoms with Crippen molar-refractivity contribution in [1.82, 2.24) is 5.43 Å². The molecule has 0 saturated carbocycles. The summed E-state index contributed by atoms with van der Waals surface area (Å²) in [5, 5.41) is 16.9. The molecule has 1 aromatic heterocycles. The largest absolute Gasteiger partial charge is 0.506 e. The summed E-state index contributed by atoms with van der Waals surface area (Å²) < 4.78 is 0.974. The molecule has 4 nitrogen and oxygen atoms in total. The molecule has 25 heavy (non-hydrogen) atoms. The topological polar surface area (TPSA) is 61.7 Å². The average molecular weight is 346 g/mol. The summed E-state index contributed by atoms with van der Waals surface area (Å²) in [5.41, 5.74) is 3.10. The van der Waals surface area contributed by atoms with E-state index in [1.165, 1.54) is 17.6 Å². The Morgan fingerprint density at radius 1 is 0.960 bits per heavy atom. The van der Waals surface area contributed by atoms with Crippen LogP contribution in [0.2, 0.25) is 0 Å². The van der Waals surface area contributed by atoms with E-state index in [0.29, 0.717) is 10.4 Å². The van der Waals surface area contributed by atoms with Crippen LogP contribution in [-0.4, -0.2) is 17.2 Å². The van der Waals surface area contributed by atoms with Gasteiger partial charge in [-0.05, 0) is 29.0 Å². The van der Waals surface area contributed by atoms with Crippen LogP contribution in [0.5, 0.6) is 5.75 Å². The Morgan fingerprint density at radius 3 is 2.52 bits per heavy atom. The first-order chi connectivity index (χ1) is 12.2. The average Bonchev–Trinajstić information content (AvgIpc) is 2.97. The number of hydrogen-bond donors (Lipinski definition) is 2. The number of rotatable bonds is 3. The van der Waals surface area contributed by atoms with E-state index >= 15 is 0 Å². The lowest BCUT2D eigenvalue weighted by Gasteiger charge is -2.04. The maximum absolute atomic E-state index is 12.4. The molecule has 0 spiro atoms. The maximum atomic E-state index is 12.4. The Bertz CT molecular complexity index is 1110. The van der Waals surface area contributed by atoms with E-state index in [2.05, 4.69) is 10.5 Å². The van der Waals surface area contributed by atoms with Crippen molar-refractivity contribution >= 4 is 44.3 Å². The van der Waals surface area contributed by atoms with E-state index < -0.39 is 0 Å². The minimum Gasteiger partial charge on any atom is -0.506 e. The highest BCUT2D eigenvalue weighted by atomic mass is 32.1. The number of nitrogens with zero attached hydrogens (tertiary/aromatic N) is 1. The van der Waals surface area contributed by atoms with Gasteiger partial charge < -0.3 is 5.11 Å². The van der Waals surface area contributed by atoms with E-state index in [1.807, 2.05) is 60.7 Å². The van der Waals surface area contributed by atoms with Gasteiger partial charge in [-0.15, -0.1) is 11.3 Å². The molecule has 4 aromatic rings. The number of benzene rings is 3. The number of hydrazone groups is 1. The number of fused-ring (bicyclic) bond motifs is 2. The molecule has 0 fully saturated rings. The molecule has 2 N–H and O–H groups in total. The zero-order valence-corrected chi connectivity index (χ0v) is 14.0. The second-order valence-electron chi connectivity index (χ2n) is 5.54. The maximum Gasteiger partial charge on any atom is 0.271 e. The summed E-state index contributed by atoms with van der Waals surface area (Å²) in [6.45, 7) is 0. The second kappa shape index (κ2) is 6.37. The van der Waals surface area contributed by atoms with Crippen LogP contribution >= 0.6 is 11.3 Å². The molecule has 5 heteroatoms. The first kappa shape index (κ1) is 15.4. The predicted molar refractivity (Wildman–Crippen MR) is 102 cm³/mol. The summed E-state index contributed by atoms with van der Waals surface area (Å²) in [7, 11) is 0. The van der Waals surface area contributed by atoms with Crippen LogP contribution in [0.3, 0.4) is 0 Å². The Kier molecular flexibility index (Phi) is 3.91. The van der Waals surface area contributed by atoms with Crippen LogP contribution in [0.15, 0.2) is 71.8 Å². The molecule has 0 aliphatic carbocycles.